The molecule has 2 aromatic carbocycles. The molecule has 0 saturated heterocycles. The first-order chi connectivity index (χ1) is 11.2. The Bertz CT molecular complexity index is 710. The predicted octanol–water partition coefficient (Wildman–Crippen LogP) is 3.29. The van der Waals surface area contributed by atoms with Gasteiger partial charge >= 0.3 is 0 Å². The van der Waals surface area contributed by atoms with E-state index in [1.54, 1.807) is 0 Å². The molecule has 0 fully saturated rings. The van der Waals surface area contributed by atoms with Crippen molar-refractivity contribution in [3.63, 3.8) is 0 Å². The zero-order chi connectivity index (χ0) is 16.1. The third-order valence-corrected chi connectivity index (χ3v) is 4.00. The van der Waals surface area contributed by atoms with Crippen LogP contribution in [0.15, 0.2) is 47.5 Å². The minimum absolute atomic E-state index is 0.427. The Labute approximate surface area is 137 Å². The molecule has 0 amide bonds. The number of nitrogens with zero attached hydrogens (tertiary/aromatic N) is 1. The first-order valence-electron chi connectivity index (χ1n) is 8.09. The molecule has 0 atom stereocenters. The first kappa shape index (κ1) is 15.4. The Balaban J connectivity index is 1.48. The maximum Gasteiger partial charge on any atom is 0.193 e. The van der Waals surface area contributed by atoms with Crippen LogP contribution in [0.25, 0.3) is 0 Å². The lowest BCUT2D eigenvalue weighted by molar-refractivity contribution is 0.328. The first-order valence-corrected chi connectivity index (χ1v) is 8.09. The third kappa shape index (κ3) is 4.25. The average Bonchev–Trinajstić information content (AvgIpc) is 2.99. The number of benzene rings is 2. The maximum atomic E-state index is 5.94. The second kappa shape index (κ2) is 7.18. The van der Waals surface area contributed by atoms with Crippen LogP contribution in [-0.4, -0.2) is 19.1 Å². The van der Waals surface area contributed by atoms with Crippen molar-refractivity contribution in [3.8, 4) is 5.75 Å². The minimum atomic E-state index is 0.427. The van der Waals surface area contributed by atoms with Crippen molar-refractivity contribution < 1.29 is 4.74 Å². The highest BCUT2D eigenvalue weighted by molar-refractivity contribution is 5.92. The number of hydrogen-bond acceptors (Lipinski definition) is 2. The molecule has 3 rings (SSSR count). The van der Waals surface area contributed by atoms with E-state index in [1.165, 1.54) is 29.5 Å². The highest BCUT2D eigenvalue weighted by Crippen LogP contribution is 2.24. The van der Waals surface area contributed by atoms with Gasteiger partial charge in [0.15, 0.2) is 5.96 Å². The fourth-order valence-corrected chi connectivity index (χ4v) is 2.87. The van der Waals surface area contributed by atoms with Gasteiger partial charge in [0.1, 0.15) is 12.4 Å². The third-order valence-electron chi connectivity index (χ3n) is 4.00. The van der Waals surface area contributed by atoms with E-state index < -0.39 is 0 Å². The molecule has 1 aliphatic carbocycles. The Morgan fingerprint density at radius 1 is 1.17 bits per heavy atom. The zero-order valence-electron chi connectivity index (χ0n) is 13.5. The number of nitrogens with one attached hydrogen (secondary N) is 1. The molecule has 0 saturated carbocycles. The van der Waals surface area contributed by atoms with E-state index in [9.17, 15) is 0 Å². The lowest BCUT2D eigenvalue weighted by Gasteiger charge is -2.08. The molecule has 0 spiro atoms. The predicted molar refractivity (Wildman–Crippen MR) is 95.3 cm³/mol. The van der Waals surface area contributed by atoms with Gasteiger partial charge < -0.3 is 15.8 Å². The van der Waals surface area contributed by atoms with Gasteiger partial charge in [0, 0.05) is 5.69 Å². The fraction of sp³-hybridized carbons (Fsp3) is 0.316. The fourth-order valence-electron chi connectivity index (χ4n) is 2.87. The van der Waals surface area contributed by atoms with Crippen molar-refractivity contribution in [2.24, 2.45) is 10.7 Å². The van der Waals surface area contributed by atoms with E-state index in [2.05, 4.69) is 28.5 Å². The Morgan fingerprint density at radius 3 is 2.91 bits per heavy atom. The molecule has 0 bridgehead atoms. The molecule has 1 aliphatic rings. The normalized spacial score (nSPS) is 13.7. The summed E-state index contributed by atoms with van der Waals surface area (Å²) in [6.07, 6.45) is 3.60. The van der Waals surface area contributed by atoms with Crippen molar-refractivity contribution in [2.75, 3.05) is 18.5 Å². The molecule has 0 aliphatic heterocycles. The molecule has 3 N–H and O–H groups in total. The monoisotopic (exact) mass is 309 g/mol. The van der Waals surface area contributed by atoms with Gasteiger partial charge in [-0.2, -0.15) is 0 Å². The van der Waals surface area contributed by atoms with Gasteiger partial charge in [-0.05, 0) is 67.1 Å². The number of anilines is 1. The van der Waals surface area contributed by atoms with E-state index in [4.69, 9.17) is 10.5 Å². The van der Waals surface area contributed by atoms with Gasteiger partial charge in [-0.3, -0.25) is 0 Å². The van der Waals surface area contributed by atoms with Gasteiger partial charge in [-0.1, -0.05) is 18.2 Å². The van der Waals surface area contributed by atoms with Crippen molar-refractivity contribution in [3.05, 3.63) is 59.2 Å². The number of aryl methyl sites for hydroxylation is 3. The number of nitrogens with two attached hydrogens (primary N) is 1. The van der Waals surface area contributed by atoms with Crippen LogP contribution < -0.4 is 15.8 Å². The summed E-state index contributed by atoms with van der Waals surface area (Å²) in [5, 5.41) is 3.15. The molecule has 2 aromatic rings. The Kier molecular flexibility index (Phi) is 4.81. The summed E-state index contributed by atoms with van der Waals surface area (Å²) in [5.41, 5.74) is 11.0. The summed E-state index contributed by atoms with van der Waals surface area (Å²) < 4.78 is 5.66. The topological polar surface area (TPSA) is 59.6 Å². The van der Waals surface area contributed by atoms with E-state index in [0.29, 0.717) is 19.1 Å². The number of guanidine groups is 1. The summed E-state index contributed by atoms with van der Waals surface area (Å²) in [7, 11) is 0. The largest absolute Gasteiger partial charge is 0.492 e. The van der Waals surface area contributed by atoms with E-state index >= 15 is 0 Å². The molecule has 4 nitrogen and oxygen atoms in total. The molecule has 120 valence electrons. The molecule has 23 heavy (non-hydrogen) atoms. The SMILES string of the molecule is Cc1cccc(OCCN=C(N)Nc2ccc3c(c2)CCC3)c1. The van der Waals surface area contributed by atoms with Gasteiger partial charge in [0.2, 0.25) is 0 Å². The summed E-state index contributed by atoms with van der Waals surface area (Å²) in [6, 6.07) is 14.4. The summed E-state index contributed by atoms with van der Waals surface area (Å²) in [4.78, 5) is 4.31. The van der Waals surface area contributed by atoms with Crippen LogP contribution in [0.1, 0.15) is 23.1 Å². The maximum absolute atomic E-state index is 5.94. The van der Waals surface area contributed by atoms with Gasteiger partial charge in [0.25, 0.3) is 0 Å². The molecule has 0 heterocycles. The van der Waals surface area contributed by atoms with Crippen molar-refractivity contribution in [1.29, 1.82) is 0 Å². The van der Waals surface area contributed by atoms with Crippen LogP contribution in [0.5, 0.6) is 5.75 Å². The van der Waals surface area contributed by atoms with Crippen LogP contribution in [0.4, 0.5) is 5.69 Å². The smallest absolute Gasteiger partial charge is 0.193 e. The lowest BCUT2D eigenvalue weighted by atomic mass is 10.1. The number of ether oxygens (including phenoxy) is 1. The Morgan fingerprint density at radius 2 is 2.04 bits per heavy atom. The van der Waals surface area contributed by atoms with Crippen molar-refractivity contribution in [1.82, 2.24) is 0 Å². The van der Waals surface area contributed by atoms with Crippen LogP contribution in [0.3, 0.4) is 0 Å². The van der Waals surface area contributed by atoms with Gasteiger partial charge in [-0.25, -0.2) is 4.99 Å². The Hall–Kier alpha value is -2.49. The number of fused-ring (bicyclic) bond motifs is 1. The summed E-state index contributed by atoms with van der Waals surface area (Å²) >= 11 is 0. The summed E-state index contributed by atoms with van der Waals surface area (Å²) in [6.45, 7) is 3.08. The second-order valence-electron chi connectivity index (χ2n) is 5.89. The summed E-state index contributed by atoms with van der Waals surface area (Å²) in [5.74, 6) is 1.29. The molecule has 4 heteroatoms. The average molecular weight is 309 g/mol. The van der Waals surface area contributed by atoms with E-state index in [0.717, 1.165) is 17.9 Å². The van der Waals surface area contributed by atoms with E-state index in [1.807, 2.05) is 31.2 Å². The van der Waals surface area contributed by atoms with E-state index in [-0.39, 0.29) is 0 Å². The number of rotatable bonds is 5. The minimum Gasteiger partial charge on any atom is -0.492 e. The molecule has 0 unspecified atom stereocenters. The van der Waals surface area contributed by atoms with Crippen LogP contribution >= 0.6 is 0 Å². The van der Waals surface area contributed by atoms with Crippen molar-refractivity contribution in [2.45, 2.75) is 26.2 Å². The van der Waals surface area contributed by atoms with Crippen LogP contribution in [0, 0.1) is 6.92 Å². The highest BCUT2D eigenvalue weighted by atomic mass is 16.5. The van der Waals surface area contributed by atoms with Crippen LogP contribution in [0.2, 0.25) is 0 Å². The number of hydrogen-bond donors (Lipinski definition) is 2. The highest BCUT2D eigenvalue weighted by Gasteiger charge is 2.10. The molecular weight excluding hydrogens is 286 g/mol. The number of aliphatic imine (C=N–C) groups is 1. The molecular formula is C19H23N3O. The lowest BCUT2D eigenvalue weighted by Crippen LogP contribution is -2.23. The zero-order valence-corrected chi connectivity index (χ0v) is 13.5. The quantitative estimate of drug-likeness (QED) is 0.506. The standard InChI is InChI=1S/C19H23N3O/c1-14-4-2-7-18(12-14)23-11-10-21-19(20)22-17-9-8-15-5-3-6-16(15)13-17/h2,4,7-9,12-13H,3,5-6,10-11H2,1H3,(H3,20,21,22). The molecule has 0 radical (unpaired) electrons. The second-order valence-corrected chi connectivity index (χ2v) is 5.89. The molecule has 0 aromatic heterocycles. The van der Waals surface area contributed by atoms with Crippen LogP contribution in [-0.2, 0) is 12.8 Å². The van der Waals surface area contributed by atoms with Crippen molar-refractivity contribution >= 4 is 11.6 Å². The van der Waals surface area contributed by atoms with Gasteiger partial charge in [-0.15, -0.1) is 0 Å². The van der Waals surface area contributed by atoms with Gasteiger partial charge in [0.05, 0.1) is 6.54 Å².